The number of carbonyl (C=O) groups excluding carboxylic acids is 1. The lowest BCUT2D eigenvalue weighted by Crippen LogP contribution is -2.37. The summed E-state index contributed by atoms with van der Waals surface area (Å²) in [5, 5.41) is 9.90. The highest BCUT2D eigenvalue weighted by molar-refractivity contribution is 7.99. The van der Waals surface area contributed by atoms with Crippen LogP contribution in [-0.4, -0.2) is 33.4 Å². The fourth-order valence-electron chi connectivity index (χ4n) is 1.27. The number of amides is 1. The molecule has 0 aliphatic carbocycles. The molecule has 2 N–H and O–H groups in total. The number of halogens is 1. The monoisotopic (exact) mass is 248 g/mol. The van der Waals surface area contributed by atoms with Crippen LogP contribution in [0.25, 0.3) is 0 Å². The van der Waals surface area contributed by atoms with Crippen molar-refractivity contribution in [1.82, 2.24) is 15.1 Å². The van der Waals surface area contributed by atoms with Gasteiger partial charge in [-0.15, -0.1) is 24.2 Å². The fraction of sp³-hybridized carbons (Fsp3) is 0.500. The van der Waals surface area contributed by atoms with E-state index in [4.69, 9.17) is 0 Å². The molecular weight excluding hydrogens is 236 g/mol. The van der Waals surface area contributed by atoms with Gasteiger partial charge in [0.15, 0.2) is 0 Å². The number of nitrogens with one attached hydrogen (secondary N) is 2. The molecule has 1 saturated heterocycles. The van der Waals surface area contributed by atoms with Crippen molar-refractivity contribution >= 4 is 35.9 Å². The Hall–Kier alpha value is -0.720. The predicted octanol–water partition coefficient (Wildman–Crippen LogP) is 0.443. The van der Waals surface area contributed by atoms with Crippen LogP contribution in [0.4, 0.5) is 5.82 Å². The number of aromatic nitrogens is 2. The number of anilines is 1. The Kier molecular flexibility index (Phi) is 4.44. The number of thioether (sulfide) groups is 1. The SMILES string of the molecule is Cl.Cn1nccc1NC(=O)[C@H]1CSCN1. The van der Waals surface area contributed by atoms with Crippen molar-refractivity contribution in [3.8, 4) is 0 Å². The maximum absolute atomic E-state index is 11.6. The van der Waals surface area contributed by atoms with Crippen molar-refractivity contribution < 1.29 is 4.79 Å². The van der Waals surface area contributed by atoms with Crippen molar-refractivity contribution in [3.05, 3.63) is 12.3 Å². The Morgan fingerprint density at radius 1 is 1.80 bits per heavy atom. The number of aryl methyl sites for hydroxylation is 1. The third kappa shape index (κ3) is 2.87. The quantitative estimate of drug-likeness (QED) is 0.798. The van der Waals surface area contributed by atoms with Crippen LogP contribution in [0, 0.1) is 0 Å². The first-order valence-electron chi connectivity index (χ1n) is 4.37. The highest BCUT2D eigenvalue weighted by atomic mass is 35.5. The summed E-state index contributed by atoms with van der Waals surface area (Å²) in [7, 11) is 1.80. The first-order valence-corrected chi connectivity index (χ1v) is 5.53. The molecule has 1 aromatic rings. The van der Waals surface area contributed by atoms with E-state index in [1.54, 1.807) is 35.8 Å². The summed E-state index contributed by atoms with van der Waals surface area (Å²) < 4.78 is 1.64. The third-order valence-electron chi connectivity index (χ3n) is 2.10. The third-order valence-corrected chi connectivity index (χ3v) is 3.04. The van der Waals surface area contributed by atoms with Gasteiger partial charge in [-0.3, -0.25) is 14.8 Å². The number of rotatable bonds is 2. The molecular formula is C8H13ClN4OS. The second kappa shape index (κ2) is 5.39. The van der Waals surface area contributed by atoms with Gasteiger partial charge in [-0.25, -0.2) is 0 Å². The molecule has 0 saturated carbocycles. The predicted molar refractivity (Wildman–Crippen MR) is 63.3 cm³/mol. The van der Waals surface area contributed by atoms with Crippen molar-refractivity contribution in [2.45, 2.75) is 6.04 Å². The van der Waals surface area contributed by atoms with Crippen LogP contribution in [0.2, 0.25) is 0 Å². The summed E-state index contributed by atoms with van der Waals surface area (Å²) >= 11 is 1.73. The molecule has 1 amide bonds. The molecule has 0 unspecified atom stereocenters. The zero-order valence-corrected chi connectivity index (χ0v) is 9.90. The molecule has 1 atom stereocenters. The zero-order valence-electron chi connectivity index (χ0n) is 8.27. The van der Waals surface area contributed by atoms with Crippen LogP contribution in [-0.2, 0) is 11.8 Å². The van der Waals surface area contributed by atoms with Gasteiger partial charge in [0.25, 0.3) is 0 Å². The lowest BCUT2D eigenvalue weighted by molar-refractivity contribution is -0.117. The normalized spacial score (nSPS) is 19.7. The first kappa shape index (κ1) is 12.4. The van der Waals surface area contributed by atoms with Gasteiger partial charge in [-0.1, -0.05) is 0 Å². The lowest BCUT2D eigenvalue weighted by Gasteiger charge is -2.09. The first-order chi connectivity index (χ1) is 6.77. The molecule has 1 aromatic heterocycles. The van der Waals surface area contributed by atoms with E-state index in [1.807, 2.05) is 0 Å². The van der Waals surface area contributed by atoms with Crippen LogP contribution in [0.5, 0.6) is 0 Å². The second-order valence-electron chi connectivity index (χ2n) is 3.10. The number of hydrogen-bond acceptors (Lipinski definition) is 4. The summed E-state index contributed by atoms with van der Waals surface area (Å²) in [6.07, 6.45) is 1.66. The van der Waals surface area contributed by atoms with Crippen LogP contribution in [0.1, 0.15) is 0 Å². The molecule has 7 heteroatoms. The van der Waals surface area contributed by atoms with Gasteiger partial charge in [0.2, 0.25) is 5.91 Å². The largest absolute Gasteiger partial charge is 0.310 e. The molecule has 5 nitrogen and oxygen atoms in total. The Morgan fingerprint density at radius 3 is 3.13 bits per heavy atom. The van der Waals surface area contributed by atoms with E-state index in [9.17, 15) is 4.79 Å². The van der Waals surface area contributed by atoms with Crippen molar-refractivity contribution in [1.29, 1.82) is 0 Å². The average Bonchev–Trinajstić information content (AvgIpc) is 2.77. The van der Waals surface area contributed by atoms with Crippen molar-refractivity contribution in [3.63, 3.8) is 0 Å². The van der Waals surface area contributed by atoms with Gasteiger partial charge >= 0.3 is 0 Å². The molecule has 1 aliphatic heterocycles. The highest BCUT2D eigenvalue weighted by Crippen LogP contribution is 2.11. The molecule has 1 aliphatic rings. The maximum Gasteiger partial charge on any atom is 0.243 e. The summed E-state index contributed by atoms with van der Waals surface area (Å²) in [6, 6.07) is 1.70. The summed E-state index contributed by atoms with van der Waals surface area (Å²) in [5.74, 6) is 2.43. The van der Waals surface area contributed by atoms with Gasteiger partial charge in [0, 0.05) is 24.7 Å². The van der Waals surface area contributed by atoms with Gasteiger partial charge in [-0.2, -0.15) is 5.10 Å². The molecule has 0 spiro atoms. The Morgan fingerprint density at radius 2 is 2.60 bits per heavy atom. The Balaban J connectivity index is 0.00000112. The molecule has 15 heavy (non-hydrogen) atoms. The van der Waals surface area contributed by atoms with E-state index in [1.165, 1.54) is 0 Å². The minimum Gasteiger partial charge on any atom is -0.310 e. The van der Waals surface area contributed by atoms with Crippen LogP contribution < -0.4 is 10.6 Å². The van der Waals surface area contributed by atoms with Gasteiger partial charge in [-0.05, 0) is 0 Å². The lowest BCUT2D eigenvalue weighted by atomic mass is 10.3. The minimum absolute atomic E-state index is 0. The van der Waals surface area contributed by atoms with E-state index in [0.717, 1.165) is 17.4 Å². The number of hydrogen-bond donors (Lipinski definition) is 2. The fourth-order valence-corrected chi connectivity index (χ4v) is 2.22. The van der Waals surface area contributed by atoms with Crippen LogP contribution in [0.15, 0.2) is 12.3 Å². The van der Waals surface area contributed by atoms with Crippen molar-refractivity contribution in [2.75, 3.05) is 16.9 Å². The Bertz CT molecular complexity index is 337. The zero-order chi connectivity index (χ0) is 9.97. The van der Waals surface area contributed by atoms with Crippen molar-refractivity contribution in [2.24, 2.45) is 7.05 Å². The molecule has 0 aromatic carbocycles. The second-order valence-corrected chi connectivity index (χ2v) is 4.13. The average molecular weight is 249 g/mol. The summed E-state index contributed by atoms with van der Waals surface area (Å²) in [4.78, 5) is 11.6. The molecule has 2 rings (SSSR count). The van der Waals surface area contributed by atoms with Gasteiger partial charge in [0.1, 0.15) is 5.82 Å². The van der Waals surface area contributed by atoms with Crippen LogP contribution >= 0.6 is 24.2 Å². The van der Waals surface area contributed by atoms with Crippen LogP contribution in [0.3, 0.4) is 0 Å². The smallest absolute Gasteiger partial charge is 0.243 e. The highest BCUT2D eigenvalue weighted by Gasteiger charge is 2.22. The van der Waals surface area contributed by atoms with E-state index >= 15 is 0 Å². The molecule has 84 valence electrons. The summed E-state index contributed by atoms with van der Waals surface area (Å²) in [5.41, 5.74) is 0. The van der Waals surface area contributed by atoms with E-state index in [-0.39, 0.29) is 24.4 Å². The van der Waals surface area contributed by atoms with E-state index in [0.29, 0.717) is 0 Å². The van der Waals surface area contributed by atoms with E-state index < -0.39 is 0 Å². The molecule has 1 fully saturated rings. The topological polar surface area (TPSA) is 59.0 Å². The minimum atomic E-state index is -0.0742. The maximum atomic E-state index is 11.6. The molecule has 0 radical (unpaired) electrons. The Labute approximate surface area is 98.4 Å². The standard InChI is InChI=1S/C8H12N4OS.ClH/c1-12-7(2-3-10-12)11-8(13)6-4-14-5-9-6;/h2-3,6,9H,4-5H2,1H3,(H,11,13);1H/t6-;/m1./s1. The molecule has 0 bridgehead atoms. The van der Waals surface area contributed by atoms with Gasteiger partial charge < -0.3 is 5.32 Å². The van der Waals surface area contributed by atoms with Gasteiger partial charge in [0.05, 0.1) is 12.2 Å². The number of carbonyl (C=O) groups is 1. The van der Waals surface area contributed by atoms with E-state index in [2.05, 4.69) is 15.7 Å². The summed E-state index contributed by atoms with van der Waals surface area (Å²) in [6.45, 7) is 0. The number of nitrogens with zero attached hydrogens (tertiary/aromatic N) is 2. The molecule has 2 heterocycles.